The van der Waals surface area contributed by atoms with E-state index in [-0.39, 0.29) is 12.3 Å². The molecule has 1 fully saturated rings. The molecule has 6 heteroatoms. The second kappa shape index (κ2) is 8.37. The standard InChI is InChI=1S/C21H26N2O4/c1-15-19(16-9-5-4-6-10-16)27-18(22-15)12-11-17(24)23-21(20(25)26)13-7-2-3-8-14-21/h4-6,9-10H,2-3,7-8,11-14H2,1H3,(H,23,24)(H,25,26). The van der Waals surface area contributed by atoms with Gasteiger partial charge in [0.1, 0.15) is 5.54 Å². The lowest BCUT2D eigenvalue weighted by atomic mass is 9.90. The average molecular weight is 370 g/mol. The summed E-state index contributed by atoms with van der Waals surface area (Å²) < 4.78 is 5.83. The largest absolute Gasteiger partial charge is 0.480 e. The zero-order valence-electron chi connectivity index (χ0n) is 15.7. The highest BCUT2D eigenvalue weighted by molar-refractivity contribution is 5.87. The molecule has 144 valence electrons. The summed E-state index contributed by atoms with van der Waals surface area (Å²) in [5, 5.41) is 12.5. The van der Waals surface area contributed by atoms with Crippen molar-refractivity contribution in [3.63, 3.8) is 0 Å². The van der Waals surface area contributed by atoms with Crippen molar-refractivity contribution in [3.05, 3.63) is 41.9 Å². The van der Waals surface area contributed by atoms with Gasteiger partial charge in [-0.05, 0) is 19.8 Å². The second-order valence-corrected chi connectivity index (χ2v) is 7.24. The number of amides is 1. The Morgan fingerprint density at radius 2 is 1.81 bits per heavy atom. The summed E-state index contributed by atoms with van der Waals surface area (Å²) in [6.45, 7) is 1.88. The van der Waals surface area contributed by atoms with E-state index in [9.17, 15) is 14.7 Å². The monoisotopic (exact) mass is 370 g/mol. The van der Waals surface area contributed by atoms with Crippen molar-refractivity contribution in [3.8, 4) is 11.3 Å². The van der Waals surface area contributed by atoms with Gasteiger partial charge in [-0.3, -0.25) is 4.79 Å². The summed E-state index contributed by atoms with van der Waals surface area (Å²) >= 11 is 0. The van der Waals surface area contributed by atoms with E-state index < -0.39 is 11.5 Å². The molecule has 2 N–H and O–H groups in total. The maximum Gasteiger partial charge on any atom is 0.329 e. The second-order valence-electron chi connectivity index (χ2n) is 7.24. The lowest BCUT2D eigenvalue weighted by Crippen LogP contribution is -2.54. The van der Waals surface area contributed by atoms with Gasteiger partial charge in [0.15, 0.2) is 11.7 Å². The maximum atomic E-state index is 12.4. The van der Waals surface area contributed by atoms with Gasteiger partial charge >= 0.3 is 5.97 Å². The molecule has 0 spiro atoms. The third-order valence-electron chi connectivity index (χ3n) is 5.19. The molecule has 0 unspecified atom stereocenters. The summed E-state index contributed by atoms with van der Waals surface area (Å²) in [7, 11) is 0. The van der Waals surface area contributed by atoms with E-state index in [1.165, 1.54) is 0 Å². The molecule has 1 aliphatic rings. The normalized spacial score (nSPS) is 16.5. The minimum atomic E-state index is -1.13. The van der Waals surface area contributed by atoms with Crippen LogP contribution in [-0.4, -0.2) is 27.5 Å². The SMILES string of the molecule is Cc1nc(CCC(=O)NC2(C(=O)O)CCCCCC2)oc1-c1ccccc1. The van der Waals surface area contributed by atoms with Gasteiger partial charge in [0.25, 0.3) is 0 Å². The number of carboxylic acid groups (broad SMARTS) is 1. The average Bonchev–Trinajstić information content (AvgIpc) is 2.87. The molecule has 1 heterocycles. The van der Waals surface area contributed by atoms with Crippen LogP contribution in [0.2, 0.25) is 0 Å². The Bertz CT molecular complexity index is 790. The molecule has 0 atom stereocenters. The lowest BCUT2D eigenvalue weighted by Gasteiger charge is -2.29. The van der Waals surface area contributed by atoms with Crippen molar-refractivity contribution in [2.75, 3.05) is 0 Å². The molecule has 6 nitrogen and oxygen atoms in total. The number of rotatable bonds is 6. The Labute approximate surface area is 159 Å². The predicted molar refractivity (Wildman–Crippen MR) is 101 cm³/mol. The van der Waals surface area contributed by atoms with Crippen molar-refractivity contribution in [2.45, 2.75) is 63.8 Å². The third kappa shape index (κ3) is 4.56. The van der Waals surface area contributed by atoms with E-state index in [1.54, 1.807) is 0 Å². The molecule has 1 aromatic heterocycles. The van der Waals surface area contributed by atoms with Crippen LogP contribution < -0.4 is 5.32 Å². The van der Waals surface area contributed by atoms with Gasteiger partial charge in [0.05, 0.1) is 5.69 Å². The fourth-order valence-electron chi connectivity index (χ4n) is 3.69. The number of aromatic nitrogens is 1. The number of benzene rings is 1. The maximum absolute atomic E-state index is 12.4. The van der Waals surface area contributed by atoms with Crippen LogP contribution in [0.3, 0.4) is 0 Å². The highest BCUT2D eigenvalue weighted by Crippen LogP contribution is 2.28. The van der Waals surface area contributed by atoms with Crippen molar-refractivity contribution in [2.24, 2.45) is 0 Å². The fourth-order valence-corrected chi connectivity index (χ4v) is 3.69. The Morgan fingerprint density at radius 1 is 1.15 bits per heavy atom. The van der Waals surface area contributed by atoms with Gasteiger partial charge in [-0.1, -0.05) is 56.0 Å². The molecule has 1 aromatic carbocycles. The van der Waals surface area contributed by atoms with E-state index in [4.69, 9.17) is 4.42 Å². The van der Waals surface area contributed by atoms with Gasteiger partial charge < -0.3 is 14.8 Å². The Morgan fingerprint density at radius 3 is 2.44 bits per heavy atom. The van der Waals surface area contributed by atoms with Crippen molar-refractivity contribution < 1.29 is 19.1 Å². The zero-order chi connectivity index (χ0) is 19.3. The number of hydrogen-bond acceptors (Lipinski definition) is 4. The lowest BCUT2D eigenvalue weighted by molar-refractivity contribution is -0.148. The molecule has 0 saturated heterocycles. The van der Waals surface area contributed by atoms with Gasteiger partial charge in [-0.25, -0.2) is 9.78 Å². The van der Waals surface area contributed by atoms with Crippen LogP contribution in [-0.2, 0) is 16.0 Å². The van der Waals surface area contributed by atoms with Gasteiger partial charge in [-0.15, -0.1) is 0 Å². The molecular weight excluding hydrogens is 344 g/mol. The Balaban J connectivity index is 1.63. The number of aryl methyl sites for hydroxylation is 2. The molecule has 0 radical (unpaired) electrons. The summed E-state index contributed by atoms with van der Waals surface area (Å²) in [6, 6.07) is 9.70. The minimum Gasteiger partial charge on any atom is -0.480 e. The quantitative estimate of drug-likeness (QED) is 0.753. The third-order valence-corrected chi connectivity index (χ3v) is 5.19. The van der Waals surface area contributed by atoms with Crippen LogP contribution in [0.25, 0.3) is 11.3 Å². The molecule has 1 amide bonds. The fraction of sp³-hybridized carbons (Fsp3) is 0.476. The predicted octanol–water partition coefficient (Wildman–Crippen LogP) is 3.88. The summed E-state index contributed by atoms with van der Waals surface area (Å²) in [6.07, 6.45) is 5.16. The molecule has 0 aliphatic heterocycles. The van der Waals surface area contributed by atoms with Crippen LogP contribution in [0, 0.1) is 6.92 Å². The number of nitrogens with zero attached hydrogens (tertiary/aromatic N) is 1. The Hall–Kier alpha value is -2.63. The number of oxazole rings is 1. The van der Waals surface area contributed by atoms with E-state index in [0.717, 1.165) is 36.9 Å². The van der Waals surface area contributed by atoms with E-state index >= 15 is 0 Å². The van der Waals surface area contributed by atoms with E-state index in [0.29, 0.717) is 30.9 Å². The number of aliphatic carboxylic acids is 1. The number of nitrogens with one attached hydrogen (secondary N) is 1. The number of carbonyl (C=O) groups excluding carboxylic acids is 1. The summed E-state index contributed by atoms with van der Waals surface area (Å²) in [4.78, 5) is 28.6. The first-order chi connectivity index (χ1) is 13.0. The summed E-state index contributed by atoms with van der Waals surface area (Å²) in [5.74, 6) is -0.00368. The Kier molecular flexibility index (Phi) is 5.94. The van der Waals surface area contributed by atoms with Crippen molar-refractivity contribution >= 4 is 11.9 Å². The van der Waals surface area contributed by atoms with E-state index in [1.807, 2.05) is 37.3 Å². The molecular formula is C21H26N2O4. The van der Waals surface area contributed by atoms with Crippen LogP contribution in [0.15, 0.2) is 34.7 Å². The highest BCUT2D eigenvalue weighted by atomic mass is 16.4. The molecule has 1 aliphatic carbocycles. The number of hydrogen-bond donors (Lipinski definition) is 2. The van der Waals surface area contributed by atoms with E-state index in [2.05, 4.69) is 10.3 Å². The van der Waals surface area contributed by atoms with Crippen LogP contribution in [0.1, 0.15) is 56.5 Å². The van der Waals surface area contributed by atoms with Gasteiger partial charge in [-0.2, -0.15) is 0 Å². The van der Waals surface area contributed by atoms with Crippen LogP contribution >= 0.6 is 0 Å². The highest BCUT2D eigenvalue weighted by Gasteiger charge is 2.39. The molecule has 3 rings (SSSR count). The first-order valence-corrected chi connectivity index (χ1v) is 9.56. The first kappa shape index (κ1) is 19.1. The van der Waals surface area contributed by atoms with Crippen LogP contribution in [0.5, 0.6) is 0 Å². The van der Waals surface area contributed by atoms with Crippen LogP contribution in [0.4, 0.5) is 0 Å². The topological polar surface area (TPSA) is 92.4 Å². The smallest absolute Gasteiger partial charge is 0.329 e. The molecule has 0 bridgehead atoms. The molecule has 27 heavy (non-hydrogen) atoms. The minimum absolute atomic E-state index is 0.156. The molecule has 1 saturated carbocycles. The summed E-state index contributed by atoms with van der Waals surface area (Å²) in [5.41, 5.74) is 0.596. The number of carbonyl (C=O) groups is 2. The van der Waals surface area contributed by atoms with Gasteiger partial charge in [0.2, 0.25) is 5.91 Å². The zero-order valence-corrected chi connectivity index (χ0v) is 15.7. The number of carboxylic acids is 1. The first-order valence-electron chi connectivity index (χ1n) is 9.56. The molecule has 2 aromatic rings. The van der Waals surface area contributed by atoms with Crippen molar-refractivity contribution in [1.82, 2.24) is 10.3 Å². The van der Waals surface area contributed by atoms with Gasteiger partial charge in [0, 0.05) is 18.4 Å². The van der Waals surface area contributed by atoms with Crippen molar-refractivity contribution in [1.29, 1.82) is 0 Å².